The van der Waals surface area contributed by atoms with Crippen LogP contribution in [0.4, 0.5) is 0 Å². The molecule has 5 unspecified atom stereocenters. The van der Waals surface area contributed by atoms with Crippen LogP contribution in [-0.2, 0) is 14.3 Å². The van der Waals surface area contributed by atoms with Gasteiger partial charge in [-0.05, 0) is 61.2 Å². The second-order valence-electron chi connectivity index (χ2n) is 9.16. The Kier molecular flexibility index (Phi) is 4.35. The Labute approximate surface area is 140 Å². The number of Topliss-reactive ketones (excluding diaryl/α,β-unsaturated/α-hetero) is 1. The summed E-state index contributed by atoms with van der Waals surface area (Å²) >= 11 is 0. The molecule has 3 aliphatic rings. The molecule has 0 N–H and O–H groups in total. The molecule has 3 heteroatoms. The molecule has 3 nitrogen and oxygen atoms in total. The predicted octanol–water partition coefficient (Wildman–Crippen LogP) is 4.39. The van der Waals surface area contributed by atoms with Crippen LogP contribution in [0.2, 0.25) is 0 Å². The lowest BCUT2D eigenvalue weighted by atomic mass is 9.46. The summed E-state index contributed by atoms with van der Waals surface area (Å²) in [7, 11) is 1.44. The van der Waals surface area contributed by atoms with E-state index in [1.54, 1.807) is 0 Å². The van der Waals surface area contributed by atoms with Crippen molar-refractivity contribution < 1.29 is 14.3 Å². The Morgan fingerprint density at radius 1 is 1.09 bits per heavy atom. The van der Waals surface area contributed by atoms with Crippen LogP contribution in [0, 0.1) is 34.5 Å². The van der Waals surface area contributed by atoms with Crippen LogP contribution in [0.3, 0.4) is 0 Å². The van der Waals surface area contributed by atoms with E-state index in [4.69, 9.17) is 4.74 Å². The molecule has 0 saturated heterocycles. The first-order chi connectivity index (χ1) is 10.8. The van der Waals surface area contributed by atoms with Gasteiger partial charge < -0.3 is 4.74 Å². The molecule has 130 valence electrons. The number of methoxy groups -OCH3 is 1. The molecular formula is C20H32O3. The fraction of sp³-hybridized carbons (Fsp3) is 0.900. The van der Waals surface area contributed by atoms with Crippen LogP contribution in [-0.4, -0.2) is 18.9 Å². The maximum Gasteiger partial charge on any atom is 0.309 e. The van der Waals surface area contributed by atoms with Gasteiger partial charge in [0.15, 0.2) is 0 Å². The molecule has 0 aromatic heterocycles. The number of ether oxygens (including phenoxy) is 1. The third-order valence-electron chi connectivity index (χ3n) is 7.60. The van der Waals surface area contributed by atoms with E-state index in [0.29, 0.717) is 29.5 Å². The van der Waals surface area contributed by atoms with Gasteiger partial charge in [0.25, 0.3) is 0 Å². The van der Waals surface area contributed by atoms with Crippen LogP contribution in [0.25, 0.3) is 0 Å². The Balaban J connectivity index is 1.88. The van der Waals surface area contributed by atoms with Crippen molar-refractivity contribution in [3.8, 4) is 0 Å². The molecule has 0 amide bonds. The molecule has 0 aromatic rings. The quantitative estimate of drug-likeness (QED) is 0.673. The van der Waals surface area contributed by atoms with Crippen LogP contribution < -0.4 is 0 Å². The van der Waals surface area contributed by atoms with E-state index in [0.717, 1.165) is 19.3 Å². The van der Waals surface area contributed by atoms with Crippen molar-refractivity contribution in [1.82, 2.24) is 0 Å². The number of esters is 1. The maximum atomic E-state index is 12.8. The number of rotatable bonds is 1. The van der Waals surface area contributed by atoms with Gasteiger partial charge in [-0.3, -0.25) is 9.59 Å². The van der Waals surface area contributed by atoms with Gasteiger partial charge >= 0.3 is 5.97 Å². The van der Waals surface area contributed by atoms with Crippen molar-refractivity contribution in [2.45, 2.75) is 72.1 Å². The topological polar surface area (TPSA) is 43.4 Å². The van der Waals surface area contributed by atoms with Crippen LogP contribution in [0.5, 0.6) is 0 Å². The average molecular weight is 320 g/mol. The van der Waals surface area contributed by atoms with Gasteiger partial charge in [0.1, 0.15) is 5.78 Å². The van der Waals surface area contributed by atoms with Gasteiger partial charge in [0, 0.05) is 12.3 Å². The second-order valence-corrected chi connectivity index (χ2v) is 9.16. The van der Waals surface area contributed by atoms with Crippen molar-refractivity contribution in [3.05, 3.63) is 0 Å². The van der Waals surface area contributed by atoms with Crippen LogP contribution in [0.1, 0.15) is 72.1 Å². The standard InChI is InChI=1S/C20H32O3/c1-19(2)10-5-11-20(3)15-8-6-13(18(22)23-4)12-16(21)14(15)7-9-17(19)20/h13-15,17H,5-12H2,1-4H3. The lowest BCUT2D eigenvalue weighted by molar-refractivity contribution is -0.147. The summed E-state index contributed by atoms with van der Waals surface area (Å²) in [6.07, 6.45) is 8.28. The number of carbonyl (C=O) groups excluding carboxylic acids is 2. The van der Waals surface area contributed by atoms with Gasteiger partial charge in [0.2, 0.25) is 0 Å². The molecule has 0 bridgehead atoms. The summed E-state index contributed by atoms with van der Waals surface area (Å²) in [5.74, 6) is 1.28. The maximum absolute atomic E-state index is 12.8. The fourth-order valence-corrected chi connectivity index (χ4v) is 6.50. The lowest BCUT2D eigenvalue weighted by Gasteiger charge is -2.59. The molecule has 5 atom stereocenters. The van der Waals surface area contributed by atoms with Crippen molar-refractivity contribution in [2.75, 3.05) is 7.11 Å². The van der Waals surface area contributed by atoms with E-state index in [9.17, 15) is 9.59 Å². The van der Waals surface area contributed by atoms with Crippen molar-refractivity contribution in [1.29, 1.82) is 0 Å². The van der Waals surface area contributed by atoms with E-state index in [1.165, 1.54) is 32.8 Å². The van der Waals surface area contributed by atoms with Gasteiger partial charge in [-0.2, -0.15) is 0 Å². The molecule has 3 fully saturated rings. The SMILES string of the molecule is COC(=O)C1CCC2C(CCC3C(C)(C)CCCC23C)C(=O)C1. The highest BCUT2D eigenvalue weighted by molar-refractivity contribution is 5.87. The highest BCUT2D eigenvalue weighted by Gasteiger charge is 2.56. The van der Waals surface area contributed by atoms with Crippen molar-refractivity contribution in [2.24, 2.45) is 34.5 Å². The van der Waals surface area contributed by atoms with Gasteiger partial charge in [-0.1, -0.05) is 27.2 Å². The molecule has 3 saturated carbocycles. The molecule has 0 heterocycles. The zero-order valence-corrected chi connectivity index (χ0v) is 15.2. The summed E-state index contributed by atoms with van der Waals surface area (Å²) < 4.78 is 4.92. The number of ketones is 1. The number of hydrogen-bond donors (Lipinski definition) is 0. The van der Waals surface area contributed by atoms with Crippen molar-refractivity contribution >= 4 is 11.8 Å². The summed E-state index contributed by atoms with van der Waals surface area (Å²) in [4.78, 5) is 24.8. The first-order valence-corrected chi connectivity index (χ1v) is 9.40. The first-order valence-electron chi connectivity index (χ1n) is 9.40. The third-order valence-corrected chi connectivity index (χ3v) is 7.60. The molecule has 3 aliphatic carbocycles. The van der Waals surface area contributed by atoms with E-state index >= 15 is 0 Å². The number of hydrogen-bond acceptors (Lipinski definition) is 3. The Hall–Kier alpha value is -0.860. The monoisotopic (exact) mass is 320 g/mol. The summed E-state index contributed by atoms with van der Waals surface area (Å²) in [6.45, 7) is 7.29. The van der Waals surface area contributed by atoms with Gasteiger partial charge in [-0.15, -0.1) is 0 Å². The highest BCUT2D eigenvalue weighted by atomic mass is 16.5. The normalized spacial score (nSPS) is 43.0. The van der Waals surface area contributed by atoms with Gasteiger partial charge in [0.05, 0.1) is 13.0 Å². The minimum atomic E-state index is -0.211. The molecular weight excluding hydrogens is 288 g/mol. The zero-order valence-electron chi connectivity index (χ0n) is 15.2. The first kappa shape index (κ1) is 17.0. The number of carbonyl (C=O) groups is 2. The lowest BCUT2D eigenvalue weighted by Crippen LogP contribution is -2.52. The smallest absolute Gasteiger partial charge is 0.309 e. The zero-order chi connectivity index (χ0) is 16.8. The molecule has 0 aliphatic heterocycles. The summed E-state index contributed by atoms with van der Waals surface area (Å²) in [5, 5.41) is 0. The molecule has 0 spiro atoms. The third kappa shape index (κ3) is 2.74. The Bertz CT molecular complexity index is 495. The van der Waals surface area contributed by atoms with E-state index in [-0.39, 0.29) is 23.2 Å². The summed E-state index contributed by atoms with van der Waals surface area (Å²) in [6, 6.07) is 0. The summed E-state index contributed by atoms with van der Waals surface area (Å²) in [5.41, 5.74) is 0.653. The van der Waals surface area contributed by atoms with Crippen molar-refractivity contribution in [3.63, 3.8) is 0 Å². The molecule has 23 heavy (non-hydrogen) atoms. The second kappa shape index (κ2) is 5.89. The van der Waals surface area contributed by atoms with E-state index < -0.39 is 0 Å². The molecule has 0 radical (unpaired) electrons. The predicted molar refractivity (Wildman–Crippen MR) is 89.8 cm³/mol. The van der Waals surface area contributed by atoms with Crippen LogP contribution in [0.15, 0.2) is 0 Å². The van der Waals surface area contributed by atoms with E-state index in [2.05, 4.69) is 20.8 Å². The molecule has 3 rings (SSSR count). The van der Waals surface area contributed by atoms with E-state index in [1.807, 2.05) is 0 Å². The molecule has 0 aromatic carbocycles. The van der Waals surface area contributed by atoms with Gasteiger partial charge in [-0.25, -0.2) is 0 Å². The Morgan fingerprint density at radius 3 is 2.52 bits per heavy atom. The van der Waals surface area contributed by atoms with Crippen LogP contribution >= 0.6 is 0 Å². The largest absolute Gasteiger partial charge is 0.469 e. The number of fused-ring (bicyclic) bond motifs is 3. The Morgan fingerprint density at radius 2 is 1.83 bits per heavy atom. The minimum Gasteiger partial charge on any atom is -0.469 e. The minimum absolute atomic E-state index is 0.180. The highest BCUT2D eigenvalue weighted by Crippen LogP contribution is 2.63. The fourth-order valence-electron chi connectivity index (χ4n) is 6.50. The average Bonchev–Trinajstić information content (AvgIpc) is 2.66.